The van der Waals surface area contributed by atoms with Gasteiger partial charge in [-0.3, -0.25) is 4.21 Å². The van der Waals surface area contributed by atoms with Crippen LogP contribution in [0.4, 0.5) is 4.79 Å². The molecule has 0 aliphatic carbocycles. The summed E-state index contributed by atoms with van der Waals surface area (Å²) >= 11 is 6.17. The summed E-state index contributed by atoms with van der Waals surface area (Å²) in [6.45, 7) is 7.23. The molecule has 0 radical (unpaired) electrons. The predicted octanol–water partition coefficient (Wildman–Crippen LogP) is 5.52. The molecule has 1 aromatic rings. The molecule has 2 rings (SSSR count). The van der Waals surface area contributed by atoms with E-state index >= 15 is 0 Å². The van der Waals surface area contributed by atoms with Crippen LogP contribution in [0.1, 0.15) is 52.0 Å². The van der Waals surface area contributed by atoms with Gasteiger partial charge in [0.25, 0.3) is 0 Å². The minimum Gasteiger partial charge on any atom is -0.444 e. The third kappa shape index (κ3) is 7.30. The lowest BCUT2D eigenvalue weighted by Crippen LogP contribution is -2.41. The van der Waals surface area contributed by atoms with Crippen molar-refractivity contribution in [3.63, 3.8) is 0 Å². The predicted molar refractivity (Wildman–Crippen MR) is 113 cm³/mol. The highest BCUT2D eigenvalue weighted by atomic mass is 35.5. The standard InChI is InChI=1S/C21H30ClNO3S/c1-21(2,3)26-20(24)23-13-11-16(12-14-23)7-5-6-8-17-9-10-19(27(4)25)18(22)15-17/h6,8-10,15-16H,5,7,11-14H2,1-4H3. The number of amides is 1. The minimum absolute atomic E-state index is 0.200. The van der Waals surface area contributed by atoms with Gasteiger partial charge in [0.15, 0.2) is 0 Å². The Kier molecular flexibility index (Phi) is 7.92. The molecule has 0 spiro atoms. The second-order valence-electron chi connectivity index (χ2n) is 8.03. The van der Waals surface area contributed by atoms with E-state index in [1.165, 1.54) is 0 Å². The Bertz CT molecular complexity index is 704. The van der Waals surface area contributed by atoms with E-state index in [1.54, 1.807) is 6.26 Å². The van der Waals surface area contributed by atoms with Gasteiger partial charge >= 0.3 is 6.09 Å². The van der Waals surface area contributed by atoms with Crippen LogP contribution in [-0.2, 0) is 15.5 Å². The van der Waals surface area contributed by atoms with Crippen LogP contribution in [0, 0.1) is 5.92 Å². The Balaban J connectivity index is 1.74. The van der Waals surface area contributed by atoms with Crippen LogP contribution in [0.5, 0.6) is 0 Å². The van der Waals surface area contributed by atoms with Gasteiger partial charge < -0.3 is 9.64 Å². The maximum atomic E-state index is 12.1. The molecule has 4 nitrogen and oxygen atoms in total. The molecule has 1 atom stereocenters. The van der Waals surface area contributed by atoms with Crippen molar-refractivity contribution < 1.29 is 13.7 Å². The molecular weight excluding hydrogens is 382 g/mol. The highest BCUT2D eigenvalue weighted by Gasteiger charge is 2.26. The lowest BCUT2D eigenvalue weighted by molar-refractivity contribution is 0.0181. The number of halogens is 1. The van der Waals surface area contributed by atoms with Gasteiger partial charge in [-0.25, -0.2) is 4.79 Å². The number of hydrogen-bond acceptors (Lipinski definition) is 3. The normalized spacial score (nSPS) is 17.3. The van der Waals surface area contributed by atoms with Crippen molar-refractivity contribution in [3.05, 3.63) is 34.9 Å². The minimum atomic E-state index is -1.06. The van der Waals surface area contributed by atoms with Crippen LogP contribution in [0.15, 0.2) is 29.2 Å². The smallest absolute Gasteiger partial charge is 0.410 e. The second-order valence-corrected chi connectivity index (χ2v) is 9.79. The number of piperidine rings is 1. The molecule has 27 heavy (non-hydrogen) atoms. The molecule has 0 aromatic heterocycles. The van der Waals surface area contributed by atoms with Crippen LogP contribution >= 0.6 is 11.6 Å². The van der Waals surface area contributed by atoms with E-state index in [0.29, 0.717) is 15.8 Å². The molecule has 1 heterocycles. The summed E-state index contributed by atoms with van der Waals surface area (Å²) in [5.41, 5.74) is 0.584. The molecule has 1 amide bonds. The first-order chi connectivity index (χ1) is 12.7. The average Bonchev–Trinajstić information content (AvgIpc) is 2.57. The van der Waals surface area contributed by atoms with Gasteiger partial charge in [0.1, 0.15) is 5.60 Å². The molecule has 1 unspecified atom stereocenters. The van der Waals surface area contributed by atoms with Gasteiger partial charge in [-0.05, 0) is 70.1 Å². The SMILES string of the molecule is CS(=O)c1ccc(C=CCCC2CCN(C(=O)OC(C)(C)C)CC2)cc1Cl. The number of carbonyl (C=O) groups is 1. The van der Waals surface area contributed by atoms with E-state index in [2.05, 4.69) is 12.2 Å². The van der Waals surface area contributed by atoms with Gasteiger partial charge in [0, 0.05) is 19.3 Å². The van der Waals surface area contributed by atoms with Crippen LogP contribution < -0.4 is 0 Å². The van der Waals surface area contributed by atoms with Crippen LogP contribution in [0.3, 0.4) is 0 Å². The fraction of sp³-hybridized carbons (Fsp3) is 0.571. The molecule has 1 aromatic carbocycles. The van der Waals surface area contributed by atoms with E-state index in [9.17, 15) is 9.00 Å². The number of benzene rings is 1. The molecule has 1 fully saturated rings. The molecule has 1 aliphatic heterocycles. The van der Waals surface area contributed by atoms with Crippen LogP contribution in [0.25, 0.3) is 6.08 Å². The molecule has 6 heteroatoms. The number of likely N-dealkylation sites (tertiary alicyclic amines) is 1. The van der Waals surface area contributed by atoms with Crippen molar-refractivity contribution in [2.45, 2.75) is 57.0 Å². The third-order valence-corrected chi connectivity index (χ3v) is 5.98. The lowest BCUT2D eigenvalue weighted by atomic mass is 9.92. The summed E-state index contributed by atoms with van der Waals surface area (Å²) in [4.78, 5) is 14.6. The van der Waals surface area contributed by atoms with Gasteiger partial charge in [0.05, 0.1) is 20.7 Å². The maximum absolute atomic E-state index is 12.1. The molecule has 0 N–H and O–H groups in total. The largest absolute Gasteiger partial charge is 0.444 e. The van der Waals surface area contributed by atoms with Crippen molar-refractivity contribution >= 4 is 34.6 Å². The number of allylic oxidation sites excluding steroid dienone is 1. The topological polar surface area (TPSA) is 46.6 Å². The van der Waals surface area contributed by atoms with Crippen molar-refractivity contribution in [1.82, 2.24) is 4.90 Å². The number of nitrogens with zero attached hydrogens (tertiary/aromatic N) is 1. The van der Waals surface area contributed by atoms with Crippen molar-refractivity contribution in [2.24, 2.45) is 5.92 Å². The molecule has 0 bridgehead atoms. The van der Waals surface area contributed by atoms with Crippen molar-refractivity contribution in [3.8, 4) is 0 Å². The average molecular weight is 412 g/mol. The first-order valence-corrected chi connectivity index (χ1v) is 11.4. The number of ether oxygens (including phenoxy) is 1. The quantitative estimate of drug-likeness (QED) is 0.640. The van der Waals surface area contributed by atoms with E-state index < -0.39 is 16.4 Å². The zero-order valence-electron chi connectivity index (χ0n) is 16.7. The molecule has 150 valence electrons. The second kappa shape index (κ2) is 9.74. The van der Waals surface area contributed by atoms with Gasteiger partial charge in [0.2, 0.25) is 0 Å². The molecular formula is C21H30ClNO3S. The first-order valence-electron chi connectivity index (χ1n) is 9.43. The summed E-state index contributed by atoms with van der Waals surface area (Å²) in [7, 11) is -1.06. The third-order valence-electron chi connectivity index (χ3n) is 4.58. The summed E-state index contributed by atoms with van der Waals surface area (Å²) in [6, 6.07) is 5.62. The summed E-state index contributed by atoms with van der Waals surface area (Å²) in [5.74, 6) is 0.641. The fourth-order valence-electron chi connectivity index (χ4n) is 3.14. The number of carbonyl (C=O) groups excluding carboxylic acids is 1. The summed E-state index contributed by atoms with van der Waals surface area (Å²) in [6.07, 6.45) is 9.81. The maximum Gasteiger partial charge on any atom is 0.410 e. The van der Waals surface area contributed by atoms with Crippen LogP contribution in [-0.4, -0.2) is 40.1 Å². The Labute approximate surface area is 170 Å². The summed E-state index contributed by atoms with van der Waals surface area (Å²) < 4.78 is 17.0. The Morgan fingerprint density at radius 2 is 2.00 bits per heavy atom. The Morgan fingerprint density at radius 3 is 2.56 bits per heavy atom. The van der Waals surface area contributed by atoms with Gasteiger partial charge in [-0.1, -0.05) is 29.8 Å². The van der Waals surface area contributed by atoms with Gasteiger partial charge in [-0.2, -0.15) is 0 Å². The molecule has 0 saturated carbocycles. The Hall–Kier alpha value is -1.33. The highest BCUT2D eigenvalue weighted by Crippen LogP contribution is 2.25. The van der Waals surface area contributed by atoms with Crippen molar-refractivity contribution in [1.29, 1.82) is 0 Å². The zero-order chi connectivity index (χ0) is 20.0. The fourth-order valence-corrected chi connectivity index (χ4v) is 4.24. The summed E-state index contributed by atoms with van der Waals surface area (Å²) in [5, 5.41) is 0.549. The van der Waals surface area contributed by atoms with E-state index in [4.69, 9.17) is 16.3 Å². The van der Waals surface area contributed by atoms with E-state index in [1.807, 2.05) is 43.9 Å². The molecule has 1 aliphatic rings. The van der Waals surface area contributed by atoms with Crippen molar-refractivity contribution in [2.75, 3.05) is 19.3 Å². The molecule has 1 saturated heterocycles. The zero-order valence-corrected chi connectivity index (χ0v) is 18.2. The van der Waals surface area contributed by atoms with E-state index in [-0.39, 0.29) is 6.09 Å². The van der Waals surface area contributed by atoms with Crippen LogP contribution in [0.2, 0.25) is 5.02 Å². The van der Waals surface area contributed by atoms with E-state index in [0.717, 1.165) is 44.3 Å². The monoisotopic (exact) mass is 411 g/mol. The first kappa shape index (κ1) is 22.0. The lowest BCUT2D eigenvalue weighted by Gasteiger charge is -2.33. The Morgan fingerprint density at radius 1 is 1.33 bits per heavy atom. The highest BCUT2D eigenvalue weighted by molar-refractivity contribution is 7.84. The number of rotatable bonds is 5. The number of hydrogen-bond donors (Lipinski definition) is 0. The van der Waals surface area contributed by atoms with Gasteiger partial charge in [-0.15, -0.1) is 0 Å².